The molecule has 0 radical (unpaired) electrons. The molecule has 0 fully saturated rings. The van der Waals surface area contributed by atoms with E-state index in [0.717, 1.165) is 17.1 Å². The Morgan fingerprint density at radius 3 is 2.11 bits per heavy atom. The molecule has 0 spiro atoms. The van der Waals surface area contributed by atoms with E-state index in [4.69, 9.17) is 9.47 Å². The molecular formula is C15H19NO2S. The van der Waals surface area contributed by atoms with Crippen molar-refractivity contribution >= 4 is 11.3 Å². The summed E-state index contributed by atoms with van der Waals surface area (Å²) in [7, 11) is 5.32. The first-order chi connectivity index (χ1) is 9.21. The van der Waals surface area contributed by atoms with E-state index in [0.29, 0.717) is 0 Å². The van der Waals surface area contributed by atoms with Gasteiger partial charge in [-0.3, -0.25) is 0 Å². The molecule has 0 saturated carbocycles. The highest BCUT2D eigenvalue weighted by Crippen LogP contribution is 2.39. The first-order valence-electron chi connectivity index (χ1n) is 6.15. The number of rotatable bonds is 5. The van der Waals surface area contributed by atoms with Gasteiger partial charge in [-0.15, -0.1) is 11.3 Å². The Labute approximate surface area is 118 Å². The molecule has 1 aromatic carbocycles. The molecule has 4 heteroatoms. The number of thiophene rings is 1. The van der Waals surface area contributed by atoms with E-state index in [1.807, 2.05) is 25.2 Å². The molecule has 102 valence electrons. The summed E-state index contributed by atoms with van der Waals surface area (Å²) < 4.78 is 11.0. The molecule has 0 aliphatic carbocycles. The summed E-state index contributed by atoms with van der Waals surface area (Å²) in [4.78, 5) is 2.55. The second-order valence-electron chi connectivity index (χ2n) is 4.25. The second kappa shape index (κ2) is 6.08. The van der Waals surface area contributed by atoms with Gasteiger partial charge in [-0.05, 0) is 38.2 Å². The molecule has 1 atom stereocenters. The van der Waals surface area contributed by atoms with E-state index >= 15 is 0 Å². The summed E-state index contributed by atoms with van der Waals surface area (Å²) in [5, 5.41) is 3.35. The second-order valence-corrected chi connectivity index (χ2v) is 5.57. The Morgan fingerprint density at radius 2 is 1.68 bits per heavy atom. The number of hydrogen-bond acceptors (Lipinski definition) is 4. The number of nitrogens with one attached hydrogen (secondary N) is 1. The topological polar surface area (TPSA) is 30.5 Å². The van der Waals surface area contributed by atoms with Crippen molar-refractivity contribution in [2.24, 2.45) is 0 Å². The normalized spacial score (nSPS) is 12.2. The Balaban J connectivity index is 2.53. The van der Waals surface area contributed by atoms with E-state index in [1.54, 1.807) is 25.6 Å². The summed E-state index contributed by atoms with van der Waals surface area (Å²) in [5.41, 5.74) is 1.04. The SMILES string of the molecule is CNC(c1ccc(C)s1)c1c(OC)cccc1OC. The molecule has 19 heavy (non-hydrogen) atoms. The predicted octanol–water partition coefficient (Wildman–Crippen LogP) is 3.38. The zero-order chi connectivity index (χ0) is 13.8. The Morgan fingerprint density at radius 1 is 1.05 bits per heavy atom. The molecule has 3 nitrogen and oxygen atoms in total. The zero-order valence-corrected chi connectivity index (χ0v) is 12.5. The lowest BCUT2D eigenvalue weighted by atomic mass is 10.0. The summed E-state index contributed by atoms with van der Waals surface area (Å²) in [5.74, 6) is 1.68. The van der Waals surface area contributed by atoms with Gasteiger partial charge >= 0.3 is 0 Å². The van der Waals surface area contributed by atoms with Gasteiger partial charge in [0.1, 0.15) is 11.5 Å². The van der Waals surface area contributed by atoms with E-state index in [2.05, 4.69) is 24.4 Å². The minimum Gasteiger partial charge on any atom is -0.496 e. The van der Waals surface area contributed by atoms with Gasteiger partial charge in [0.05, 0.1) is 25.8 Å². The summed E-state index contributed by atoms with van der Waals surface area (Å²) in [6, 6.07) is 10.2. The fourth-order valence-electron chi connectivity index (χ4n) is 2.20. The summed E-state index contributed by atoms with van der Waals surface area (Å²) in [6.07, 6.45) is 0. The average molecular weight is 277 g/mol. The van der Waals surface area contributed by atoms with Crippen LogP contribution in [-0.2, 0) is 0 Å². The van der Waals surface area contributed by atoms with Crippen LogP contribution in [0.2, 0.25) is 0 Å². The first-order valence-corrected chi connectivity index (χ1v) is 6.97. The van der Waals surface area contributed by atoms with E-state index in [1.165, 1.54) is 9.75 Å². The molecule has 1 N–H and O–H groups in total. The van der Waals surface area contributed by atoms with Crippen LogP contribution in [0.5, 0.6) is 11.5 Å². The van der Waals surface area contributed by atoms with Gasteiger partial charge in [0.25, 0.3) is 0 Å². The van der Waals surface area contributed by atoms with Crippen molar-refractivity contribution in [2.45, 2.75) is 13.0 Å². The van der Waals surface area contributed by atoms with Crippen molar-refractivity contribution < 1.29 is 9.47 Å². The molecule has 0 bridgehead atoms. The van der Waals surface area contributed by atoms with Crippen LogP contribution in [0.15, 0.2) is 30.3 Å². The van der Waals surface area contributed by atoms with Crippen molar-refractivity contribution in [2.75, 3.05) is 21.3 Å². The maximum atomic E-state index is 5.48. The van der Waals surface area contributed by atoms with E-state index in [9.17, 15) is 0 Å². The average Bonchev–Trinajstić information content (AvgIpc) is 2.86. The van der Waals surface area contributed by atoms with Crippen molar-refractivity contribution in [3.05, 3.63) is 45.6 Å². The minimum atomic E-state index is 0.0739. The maximum absolute atomic E-state index is 5.48. The summed E-state index contributed by atoms with van der Waals surface area (Å²) >= 11 is 1.78. The first kappa shape index (κ1) is 13.9. The number of methoxy groups -OCH3 is 2. The number of aryl methyl sites for hydroxylation is 1. The molecule has 0 aliphatic rings. The van der Waals surface area contributed by atoms with Gasteiger partial charge in [0.2, 0.25) is 0 Å². The number of benzene rings is 1. The van der Waals surface area contributed by atoms with Crippen LogP contribution in [0.25, 0.3) is 0 Å². The molecule has 0 amide bonds. The fraction of sp³-hybridized carbons (Fsp3) is 0.333. The lowest BCUT2D eigenvalue weighted by Gasteiger charge is -2.21. The molecule has 1 heterocycles. The van der Waals surface area contributed by atoms with E-state index < -0.39 is 0 Å². The highest BCUT2D eigenvalue weighted by Gasteiger charge is 2.22. The molecule has 1 aromatic heterocycles. The van der Waals surface area contributed by atoms with Crippen LogP contribution in [0, 0.1) is 6.92 Å². The van der Waals surface area contributed by atoms with Crippen LogP contribution in [-0.4, -0.2) is 21.3 Å². The molecule has 0 aliphatic heterocycles. The Hall–Kier alpha value is -1.52. The van der Waals surface area contributed by atoms with Crippen molar-refractivity contribution in [3.63, 3.8) is 0 Å². The van der Waals surface area contributed by atoms with Gasteiger partial charge in [-0.25, -0.2) is 0 Å². The molecular weight excluding hydrogens is 258 g/mol. The van der Waals surface area contributed by atoms with Gasteiger partial charge in [-0.2, -0.15) is 0 Å². The standard InChI is InChI=1S/C15H19NO2S/c1-10-8-9-13(19-10)15(16-2)14-11(17-3)6-5-7-12(14)18-4/h5-9,15-16H,1-4H3. The van der Waals surface area contributed by atoms with Crippen molar-refractivity contribution in [1.29, 1.82) is 0 Å². The third kappa shape index (κ3) is 2.74. The van der Waals surface area contributed by atoms with Crippen molar-refractivity contribution in [3.8, 4) is 11.5 Å². The van der Waals surface area contributed by atoms with Crippen LogP contribution in [0.1, 0.15) is 21.4 Å². The third-order valence-electron chi connectivity index (χ3n) is 3.09. The number of hydrogen-bond donors (Lipinski definition) is 1. The Bertz CT molecular complexity index is 529. The molecule has 0 saturated heterocycles. The van der Waals surface area contributed by atoms with Gasteiger partial charge in [0.15, 0.2) is 0 Å². The van der Waals surface area contributed by atoms with Crippen LogP contribution >= 0.6 is 11.3 Å². The van der Waals surface area contributed by atoms with Gasteiger partial charge in [-0.1, -0.05) is 6.07 Å². The zero-order valence-electron chi connectivity index (χ0n) is 11.7. The van der Waals surface area contributed by atoms with Gasteiger partial charge < -0.3 is 14.8 Å². The smallest absolute Gasteiger partial charge is 0.127 e. The van der Waals surface area contributed by atoms with Gasteiger partial charge in [0, 0.05) is 9.75 Å². The lowest BCUT2D eigenvalue weighted by Crippen LogP contribution is -2.18. The maximum Gasteiger partial charge on any atom is 0.127 e. The molecule has 1 unspecified atom stereocenters. The molecule has 2 aromatic rings. The number of ether oxygens (including phenoxy) is 2. The third-order valence-corrected chi connectivity index (χ3v) is 4.15. The largest absolute Gasteiger partial charge is 0.496 e. The minimum absolute atomic E-state index is 0.0739. The Kier molecular flexibility index (Phi) is 4.45. The lowest BCUT2D eigenvalue weighted by molar-refractivity contribution is 0.379. The van der Waals surface area contributed by atoms with Crippen molar-refractivity contribution in [1.82, 2.24) is 5.32 Å². The highest BCUT2D eigenvalue weighted by molar-refractivity contribution is 7.12. The summed E-state index contributed by atoms with van der Waals surface area (Å²) in [6.45, 7) is 2.11. The predicted molar refractivity (Wildman–Crippen MR) is 79.5 cm³/mol. The van der Waals surface area contributed by atoms with Crippen LogP contribution in [0.3, 0.4) is 0 Å². The highest BCUT2D eigenvalue weighted by atomic mass is 32.1. The molecule has 2 rings (SSSR count). The van der Waals surface area contributed by atoms with Crippen LogP contribution in [0.4, 0.5) is 0 Å². The quantitative estimate of drug-likeness (QED) is 0.909. The van der Waals surface area contributed by atoms with E-state index in [-0.39, 0.29) is 6.04 Å². The monoisotopic (exact) mass is 277 g/mol. The van der Waals surface area contributed by atoms with Crippen LogP contribution < -0.4 is 14.8 Å². The fourth-order valence-corrected chi connectivity index (χ4v) is 3.20.